The van der Waals surface area contributed by atoms with E-state index in [1.54, 1.807) is 36.5 Å². The van der Waals surface area contributed by atoms with Crippen molar-refractivity contribution in [2.75, 3.05) is 0 Å². The maximum Gasteiger partial charge on any atom is 0.281 e. The summed E-state index contributed by atoms with van der Waals surface area (Å²) in [6.07, 6.45) is 5.71. The van der Waals surface area contributed by atoms with Crippen LogP contribution >= 0.6 is 15.9 Å². The molecular weight excluding hydrogens is 418 g/mol. The number of amidine groups is 1. The second-order valence-electron chi connectivity index (χ2n) is 6.84. The van der Waals surface area contributed by atoms with Crippen LogP contribution in [-0.2, 0) is 11.2 Å². The lowest BCUT2D eigenvalue weighted by molar-refractivity contribution is -0.130. The average molecular weight is 436 g/mol. The first-order valence-electron chi connectivity index (χ1n) is 8.89. The zero-order chi connectivity index (χ0) is 19.7. The monoisotopic (exact) mass is 435 g/mol. The van der Waals surface area contributed by atoms with Gasteiger partial charge in [-0.3, -0.25) is 14.5 Å². The van der Waals surface area contributed by atoms with E-state index in [9.17, 15) is 9.59 Å². The van der Waals surface area contributed by atoms with Gasteiger partial charge in [-0.15, -0.1) is 0 Å². The topological polar surface area (TPSA) is 61.8 Å². The van der Waals surface area contributed by atoms with Crippen molar-refractivity contribution in [3.8, 4) is 0 Å². The van der Waals surface area contributed by atoms with Gasteiger partial charge in [-0.1, -0.05) is 52.3 Å². The fourth-order valence-corrected chi connectivity index (χ4v) is 3.55. The van der Waals surface area contributed by atoms with E-state index >= 15 is 0 Å². The van der Waals surface area contributed by atoms with Gasteiger partial charge in [0.2, 0.25) is 5.66 Å². The van der Waals surface area contributed by atoms with Gasteiger partial charge in [-0.25, -0.2) is 4.99 Å². The van der Waals surface area contributed by atoms with Crippen molar-refractivity contribution in [1.29, 1.82) is 0 Å². The van der Waals surface area contributed by atoms with Crippen LogP contribution in [0.15, 0.2) is 88.0 Å². The minimum Gasteiger partial charge on any atom is -0.320 e. The third-order valence-corrected chi connectivity index (χ3v) is 5.21. The van der Waals surface area contributed by atoms with Crippen LogP contribution in [0.4, 0.5) is 0 Å². The first-order valence-corrected chi connectivity index (χ1v) is 9.68. The zero-order valence-electron chi connectivity index (χ0n) is 15.2. The van der Waals surface area contributed by atoms with Crippen molar-refractivity contribution < 1.29 is 9.59 Å². The standard InChI is InChI=1S/C22H18BrN3O2/c1-15-7-12-19-24-22(21(28)26(19)14-15,13-16-8-10-18(23)11-9-16)25-20(27)17-5-3-2-4-6-17/h2-12,14H,13H2,1H3,(H,25,27). The van der Waals surface area contributed by atoms with Crippen molar-refractivity contribution in [2.45, 2.75) is 19.0 Å². The highest BCUT2D eigenvalue weighted by Crippen LogP contribution is 2.29. The van der Waals surface area contributed by atoms with E-state index in [2.05, 4.69) is 26.2 Å². The summed E-state index contributed by atoms with van der Waals surface area (Å²) in [5.41, 5.74) is 0.944. The Balaban J connectivity index is 1.72. The van der Waals surface area contributed by atoms with E-state index in [1.165, 1.54) is 4.90 Å². The van der Waals surface area contributed by atoms with Crippen LogP contribution in [0.25, 0.3) is 0 Å². The fraction of sp³-hybridized carbons (Fsp3) is 0.136. The molecule has 1 unspecified atom stereocenters. The van der Waals surface area contributed by atoms with E-state index in [0.29, 0.717) is 11.4 Å². The molecule has 2 aliphatic heterocycles. The summed E-state index contributed by atoms with van der Waals surface area (Å²) < 4.78 is 0.946. The Morgan fingerprint density at radius 2 is 1.82 bits per heavy atom. The number of carbonyl (C=O) groups is 2. The molecule has 5 nitrogen and oxygen atoms in total. The molecule has 0 aliphatic carbocycles. The summed E-state index contributed by atoms with van der Waals surface area (Å²) in [7, 11) is 0. The van der Waals surface area contributed by atoms with Crippen molar-refractivity contribution in [3.05, 3.63) is 94.1 Å². The van der Waals surface area contributed by atoms with Crippen LogP contribution in [0.5, 0.6) is 0 Å². The Morgan fingerprint density at radius 1 is 1.11 bits per heavy atom. The highest BCUT2D eigenvalue weighted by molar-refractivity contribution is 9.10. The minimum atomic E-state index is -1.39. The lowest BCUT2D eigenvalue weighted by Crippen LogP contribution is -2.55. The normalized spacial score (nSPS) is 20.5. The smallest absolute Gasteiger partial charge is 0.281 e. The molecule has 1 atom stereocenters. The average Bonchev–Trinajstić information content (AvgIpc) is 2.96. The van der Waals surface area contributed by atoms with Crippen molar-refractivity contribution in [2.24, 2.45) is 4.99 Å². The molecule has 0 fully saturated rings. The van der Waals surface area contributed by atoms with Crippen molar-refractivity contribution >= 4 is 33.6 Å². The number of nitrogens with zero attached hydrogens (tertiary/aromatic N) is 2. The third-order valence-electron chi connectivity index (χ3n) is 4.68. The molecule has 0 bridgehead atoms. The molecule has 4 rings (SSSR count). The molecule has 28 heavy (non-hydrogen) atoms. The number of amides is 2. The van der Waals surface area contributed by atoms with Gasteiger partial charge in [0.15, 0.2) is 0 Å². The Hall–Kier alpha value is -2.99. The van der Waals surface area contributed by atoms with E-state index in [4.69, 9.17) is 0 Å². The highest BCUT2D eigenvalue weighted by atomic mass is 79.9. The van der Waals surface area contributed by atoms with Crippen LogP contribution < -0.4 is 5.32 Å². The Labute approximate surface area is 171 Å². The molecular formula is C22H18BrN3O2. The van der Waals surface area contributed by atoms with Crippen LogP contribution in [0.3, 0.4) is 0 Å². The number of nitrogens with one attached hydrogen (secondary N) is 1. The van der Waals surface area contributed by atoms with Gasteiger partial charge in [0.1, 0.15) is 5.84 Å². The largest absolute Gasteiger partial charge is 0.320 e. The number of rotatable bonds is 4. The number of halogens is 1. The quantitative estimate of drug-likeness (QED) is 0.792. The molecule has 6 heteroatoms. The van der Waals surface area contributed by atoms with Gasteiger partial charge < -0.3 is 5.32 Å². The van der Waals surface area contributed by atoms with Gasteiger partial charge in [-0.05, 0) is 48.4 Å². The molecule has 0 spiro atoms. The van der Waals surface area contributed by atoms with Gasteiger partial charge in [0, 0.05) is 22.7 Å². The highest BCUT2D eigenvalue weighted by Gasteiger charge is 2.49. The van der Waals surface area contributed by atoms with E-state index in [1.807, 2.05) is 43.3 Å². The molecule has 2 aromatic carbocycles. The van der Waals surface area contributed by atoms with Gasteiger partial charge in [-0.2, -0.15) is 0 Å². The summed E-state index contributed by atoms with van der Waals surface area (Å²) in [4.78, 5) is 32.4. The molecule has 2 aliphatic rings. The molecule has 2 amide bonds. The Kier molecular flexibility index (Phi) is 4.73. The second kappa shape index (κ2) is 7.20. The van der Waals surface area contributed by atoms with Crippen LogP contribution in [0, 0.1) is 0 Å². The minimum absolute atomic E-state index is 0.262. The summed E-state index contributed by atoms with van der Waals surface area (Å²) in [6.45, 7) is 1.91. The second-order valence-corrected chi connectivity index (χ2v) is 7.75. The number of carbonyl (C=O) groups excluding carboxylic acids is 2. The van der Waals surface area contributed by atoms with E-state index < -0.39 is 5.66 Å². The number of benzene rings is 2. The molecule has 0 saturated heterocycles. The first-order chi connectivity index (χ1) is 13.5. The van der Waals surface area contributed by atoms with Gasteiger partial charge in [0.25, 0.3) is 11.8 Å². The lowest BCUT2D eigenvalue weighted by Gasteiger charge is -2.27. The number of hydrogen-bond donors (Lipinski definition) is 1. The fourth-order valence-electron chi connectivity index (χ4n) is 3.28. The van der Waals surface area contributed by atoms with Crippen LogP contribution in [0.1, 0.15) is 22.8 Å². The van der Waals surface area contributed by atoms with Crippen LogP contribution in [-0.4, -0.2) is 28.2 Å². The number of aliphatic imine (C=N–C) groups is 1. The van der Waals surface area contributed by atoms with Crippen molar-refractivity contribution in [1.82, 2.24) is 10.2 Å². The molecule has 0 aromatic heterocycles. The molecule has 0 saturated carbocycles. The Bertz CT molecular complexity index is 1030. The van der Waals surface area contributed by atoms with Crippen LogP contribution in [0.2, 0.25) is 0 Å². The molecule has 2 heterocycles. The number of allylic oxidation sites excluding steroid dienone is 2. The zero-order valence-corrected chi connectivity index (χ0v) is 16.8. The predicted molar refractivity (Wildman–Crippen MR) is 112 cm³/mol. The summed E-state index contributed by atoms with van der Waals surface area (Å²) in [6, 6.07) is 16.5. The number of fused-ring (bicyclic) bond motifs is 1. The summed E-state index contributed by atoms with van der Waals surface area (Å²) in [5, 5.41) is 2.90. The first kappa shape index (κ1) is 18.4. The van der Waals surface area contributed by atoms with E-state index in [0.717, 1.165) is 15.6 Å². The molecule has 140 valence electrons. The Morgan fingerprint density at radius 3 is 2.54 bits per heavy atom. The SMILES string of the molecule is CC1=CN2C(=O)C(Cc3ccc(Br)cc3)(NC(=O)c3ccccc3)N=C2C=C1. The molecule has 2 aromatic rings. The molecule has 0 radical (unpaired) electrons. The van der Waals surface area contributed by atoms with Gasteiger partial charge >= 0.3 is 0 Å². The van der Waals surface area contributed by atoms with Crippen molar-refractivity contribution in [3.63, 3.8) is 0 Å². The maximum absolute atomic E-state index is 13.4. The summed E-state index contributed by atoms with van der Waals surface area (Å²) in [5.74, 6) is -0.0700. The predicted octanol–water partition coefficient (Wildman–Crippen LogP) is 3.83. The summed E-state index contributed by atoms with van der Waals surface area (Å²) >= 11 is 3.42. The lowest BCUT2D eigenvalue weighted by atomic mass is 9.98. The number of hydrogen-bond acceptors (Lipinski definition) is 3. The van der Waals surface area contributed by atoms with E-state index in [-0.39, 0.29) is 18.2 Å². The molecule has 1 N–H and O–H groups in total. The van der Waals surface area contributed by atoms with Gasteiger partial charge in [0.05, 0.1) is 0 Å². The maximum atomic E-state index is 13.4. The third kappa shape index (κ3) is 3.43.